The van der Waals surface area contributed by atoms with E-state index in [9.17, 15) is 14.7 Å². The van der Waals surface area contributed by atoms with E-state index >= 15 is 0 Å². The van der Waals surface area contributed by atoms with Crippen LogP contribution in [-0.4, -0.2) is 77.7 Å². The number of thiophene rings is 1. The fourth-order valence-electron chi connectivity index (χ4n) is 3.23. The number of hydrogen-bond donors (Lipinski definition) is 2. The number of aliphatic hydroxyl groups is 1. The molecular formula is C22H35N3O6S. The predicted octanol–water partition coefficient (Wildman–Crippen LogP) is 2.48. The van der Waals surface area contributed by atoms with Gasteiger partial charge in [-0.05, 0) is 46.6 Å². The molecule has 0 unspecified atom stereocenters. The first-order chi connectivity index (χ1) is 15.1. The Morgan fingerprint density at radius 2 is 2.06 bits per heavy atom. The lowest BCUT2D eigenvalue weighted by molar-refractivity contribution is -0.0571. The Kier molecular flexibility index (Phi) is 9.78. The van der Waals surface area contributed by atoms with Gasteiger partial charge in [-0.1, -0.05) is 0 Å². The van der Waals surface area contributed by atoms with Crippen LogP contribution in [-0.2, 0) is 20.8 Å². The van der Waals surface area contributed by atoms with Crippen molar-refractivity contribution in [3.05, 3.63) is 26.6 Å². The molecule has 0 fully saturated rings. The molecule has 0 aliphatic carbocycles. The highest BCUT2D eigenvalue weighted by Crippen LogP contribution is 2.27. The maximum absolute atomic E-state index is 12.7. The molecule has 0 radical (unpaired) electrons. The van der Waals surface area contributed by atoms with Crippen LogP contribution in [0.4, 0.5) is 0 Å². The molecule has 1 atom stereocenters. The van der Waals surface area contributed by atoms with Gasteiger partial charge in [-0.3, -0.25) is 9.69 Å². The number of ether oxygens (including phenoxy) is 3. The Balaban J connectivity index is 2.22. The van der Waals surface area contributed by atoms with Gasteiger partial charge in [-0.15, -0.1) is 11.3 Å². The van der Waals surface area contributed by atoms with Crippen molar-refractivity contribution in [2.24, 2.45) is 0 Å². The molecule has 9 nitrogen and oxygen atoms in total. The molecule has 0 spiro atoms. The normalized spacial score (nSPS) is 13.1. The second-order valence-electron chi connectivity index (χ2n) is 8.63. The molecular weight excluding hydrogens is 434 g/mol. The van der Waals surface area contributed by atoms with Crippen LogP contribution in [0, 0.1) is 6.92 Å². The highest BCUT2D eigenvalue weighted by molar-refractivity contribution is 7.20. The third kappa shape index (κ3) is 7.63. The number of methoxy groups -OCH3 is 1. The molecule has 2 aromatic rings. The number of esters is 1. The summed E-state index contributed by atoms with van der Waals surface area (Å²) in [5.41, 5.74) is -0.0499. The Morgan fingerprint density at radius 3 is 2.69 bits per heavy atom. The van der Waals surface area contributed by atoms with E-state index < -0.39 is 12.1 Å². The maximum Gasteiger partial charge on any atom is 0.348 e. The lowest BCUT2D eigenvalue weighted by Gasteiger charge is -2.27. The largest absolute Gasteiger partial charge is 0.462 e. The van der Waals surface area contributed by atoms with Crippen LogP contribution in [0.5, 0.6) is 0 Å². The molecule has 0 saturated carbocycles. The minimum absolute atomic E-state index is 0.209. The number of aromatic nitrogens is 2. The number of H-pyrrole nitrogens is 1. The molecule has 0 aliphatic rings. The number of rotatable bonds is 12. The van der Waals surface area contributed by atoms with Crippen LogP contribution in [0.1, 0.15) is 55.2 Å². The Labute approximate surface area is 192 Å². The molecule has 2 rings (SSSR count). The Morgan fingerprint density at radius 1 is 1.34 bits per heavy atom. The van der Waals surface area contributed by atoms with Crippen LogP contribution in [0.3, 0.4) is 0 Å². The van der Waals surface area contributed by atoms with Crippen molar-refractivity contribution in [1.29, 1.82) is 0 Å². The van der Waals surface area contributed by atoms with E-state index in [2.05, 4.69) is 9.97 Å². The van der Waals surface area contributed by atoms with Crippen molar-refractivity contribution in [2.45, 2.75) is 59.3 Å². The van der Waals surface area contributed by atoms with Crippen molar-refractivity contribution >= 4 is 27.5 Å². The molecule has 32 heavy (non-hydrogen) atoms. The van der Waals surface area contributed by atoms with E-state index in [1.54, 1.807) is 21.0 Å². The summed E-state index contributed by atoms with van der Waals surface area (Å²) in [6, 6.07) is 0. The first-order valence-electron chi connectivity index (χ1n) is 10.8. The maximum atomic E-state index is 12.7. The second kappa shape index (κ2) is 11.9. The van der Waals surface area contributed by atoms with Crippen molar-refractivity contribution in [3.8, 4) is 0 Å². The molecule has 2 heterocycles. The molecule has 0 amide bonds. The first kappa shape index (κ1) is 26.4. The van der Waals surface area contributed by atoms with Gasteiger partial charge in [0.2, 0.25) is 0 Å². The van der Waals surface area contributed by atoms with E-state index in [0.29, 0.717) is 52.7 Å². The van der Waals surface area contributed by atoms with Crippen molar-refractivity contribution < 1.29 is 24.1 Å². The second-order valence-corrected chi connectivity index (χ2v) is 9.63. The number of nitrogens with zero attached hydrogens (tertiary/aromatic N) is 2. The summed E-state index contributed by atoms with van der Waals surface area (Å²) in [5, 5.41) is 10.9. The number of carbonyl (C=O) groups is 1. The van der Waals surface area contributed by atoms with Crippen LogP contribution in [0.25, 0.3) is 10.2 Å². The van der Waals surface area contributed by atoms with Gasteiger partial charge in [0.25, 0.3) is 5.56 Å². The average Bonchev–Trinajstić information content (AvgIpc) is 3.03. The van der Waals surface area contributed by atoms with Gasteiger partial charge >= 0.3 is 5.97 Å². The quantitative estimate of drug-likeness (QED) is 0.360. The minimum atomic E-state index is -0.688. The zero-order chi connectivity index (χ0) is 23.9. The number of nitrogens with one attached hydrogen (secondary N) is 1. The molecule has 2 N–H and O–H groups in total. The van der Waals surface area contributed by atoms with E-state index in [1.165, 1.54) is 0 Å². The third-order valence-corrected chi connectivity index (χ3v) is 5.85. The van der Waals surface area contributed by atoms with Gasteiger partial charge in [0, 0.05) is 26.8 Å². The summed E-state index contributed by atoms with van der Waals surface area (Å²) in [4.78, 5) is 35.3. The molecule has 0 aliphatic heterocycles. The summed E-state index contributed by atoms with van der Waals surface area (Å²) in [5.74, 6) is 0.0256. The Bertz CT molecular complexity index is 950. The first-order valence-corrected chi connectivity index (χ1v) is 11.6. The van der Waals surface area contributed by atoms with E-state index in [4.69, 9.17) is 14.2 Å². The lowest BCUT2D eigenvalue weighted by Crippen LogP contribution is -2.38. The predicted molar refractivity (Wildman–Crippen MR) is 124 cm³/mol. The summed E-state index contributed by atoms with van der Waals surface area (Å²) in [6.07, 6.45) is 0.0765. The van der Waals surface area contributed by atoms with Crippen LogP contribution in [0.2, 0.25) is 0 Å². The van der Waals surface area contributed by atoms with E-state index in [0.717, 1.165) is 17.8 Å². The molecule has 0 saturated heterocycles. The van der Waals surface area contributed by atoms with Gasteiger partial charge in [-0.2, -0.15) is 0 Å². The van der Waals surface area contributed by atoms with Crippen LogP contribution in [0.15, 0.2) is 4.79 Å². The molecule has 180 valence electrons. The fourth-order valence-corrected chi connectivity index (χ4v) is 4.33. The van der Waals surface area contributed by atoms with E-state index in [-0.39, 0.29) is 24.4 Å². The van der Waals surface area contributed by atoms with Crippen molar-refractivity contribution in [1.82, 2.24) is 14.9 Å². The van der Waals surface area contributed by atoms with Gasteiger partial charge in [-0.25, -0.2) is 9.78 Å². The smallest absolute Gasteiger partial charge is 0.348 e. The topological polar surface area (TPSA) is 114 Å². The SMILES string of the molecule is CCOC(=O)c1sc2nc(CN(CCCOC)C[C@@H](O)COC(C)(C)C)[nH]c(=O)c2c1C. The molecule has 0 aromatic carbocycles. The van der Waals surface area contributed by atoms with Crippen LogP contribution >= 0.6 is 11.3 Å². The minimum Gasteiger partial charge on any atom is -0.462 e. The number of aliphatic hydroxyl groups excluding tert-OH is 1. The number of aromatic amines is 1. The fraction of sp³-hybridized carbons (Fsp3) is 0.682. The molecule has 0 bridgehead atoms. The summed E-state index contributed by atoms with van der Waals surface area (Å²) < 4.78 is 15.9. The van der Waals surface area contributed by atoms with Gasteiger partial charge in [0.15, 0.2) is 0 Å². The summed E-state index contributed by atoms with van der Waals surface area (Å²) in [6.45, 7) is 11.7. The van der Waals surface area contributed by atoms with Gasteiger partial charge < -0.3 is 24.3 Å². The highest BCUT2D eigenvalue weighted by Gasteiger charge is 2.22. The van der Waals surface area contributed by atoms with Crippen molar-refractivity contribution in [3.63, 3.8) is 0 Å². The van der Waals surface area contributed by atoms with Crippen molar-refractivity contribution in [2.75, 3.05) is 40.0 Å². The zero-order valence-electron chi connectivity index (χ0n) is 19.8. The number of hydrogen-bond acceptors (Lipinski definition) is 9. The van der Waals surface area contributed by atoms with E-state index in [1.807, 2.05) is 25.7 Å². The Hall–Kier alpha value is -1.85. The highest BCUT2D eigenvalue weighted by atomic mass is 32.1. The van der Waals surface area contributed by atoms with Gasteiger partial charge in [0.1, 0.15) is 15.5 Å². The monoisotopic (exact) mass is 469 g/mol. The third-order valence-electron chi connectivity index (χ3n) is 4.68. The van der Waals surface area contributed by atoms with Crippen LogP contribution < -0.4 is 5.56 Å². The summed E-state index contributed by atoms with van der Waals surface area (Å²) >= 11 is 1.16. The number of fused-ring (bicyclic) bond motifs is 1. The number of aryl methyl sites for hydroxylation is 1. The lowest BCUT2D eigenvalue weighted by atomic mass is 10.2. The molecule has 2 aromatic heterocycles. The average molecular weight is 470 g/mol. The molecule has 10 heteroatoms. The standard InChI is InChI=1S/C22H35N3O6S/c1-7-30-21(28)18-14(2)17-19(27)23-16(24-20(17)32-18)12-25(9-8-10-29-6)11-15(26)13-31-22(3,4)5/h15,26H,7-13H2,1-6H3,(H,23,24,27)/t15-/m1/s1. The summed E-state index contributed by atoms with van der Waals surface area (Å²) in [7, 11) is 1.64. The van der Waals surface area contributed by atoms with Gasteiger partial charge in [0.05, 0.1) is 36.8 Å². The number of carbonyl (C=O) groups excluding carboxylic acids is 1. The zero-order valence-corrected chi connectivity index (χ0v) is 20.6.